The van der Waals surface area contributed by atoms with Crippen LogP contribution in [0.1, 0.15) is 90.7 Å². The van der Waals surface area contributed by atoms with E-state index in [0.29, 0.717) is 22.8 Å². The summed E-state index contributed by atoms with van der Waals surface area (Å²) >= 11 is 0. The smallest absolute Gasteiger partial charge is 0.0441 e. The summed E-state index contributed by atoms with van der Waals surface area (Å²) in [7, 11) is 0. The Kier molecular flexibility index (Phi) is 4.06. The van der Waals surface area contributed by atoms with Gasteiger partial charge in [-0.25, -0.2) is 0 Å². The average Bonchev–Trinajstić information content (AvgIpc) is 2.48. The van der Waals surface area contributed by atoms with Gasteiger partial charge in [0.2, 0.25) is 0 Å². The van der Waals surface area contributed by atoms with E-state index in [4.69, 9.17) is 0 Å². The number of nitrogens with zero attached hydrogens (tertiary/aromatic N) is 1. The summed E-state index contributed by atoms with van der Waals surface area (Å²) in [6.45, 7) is 18.1. The zero-order valence-electron chi connectivity index (χ0n) is 16.2. The molecule has 2 bridgehead atoms. The Morgan fingerprint density at radius 3 is 2.04 bits per heavy atom. The number of rotatable bonds is 3. The van der Waals surface area contributed by atoms with Crippen molar-refractivity contribution in [3.8, 4) is 0 Å². The van der Waals surface area contributed by atoms with Crippen molar-refractivity contribution >= 4 is 5.69 Å². The summed E-state index contributed by atoms with van der Waals surface area (Å²) in [5, 5.41) is 0. The number of benzene rings is 1. The van der Waals surface area contributed by atoms with Gasteiger partial charge in [0.25, 0.3) is 0 Å². The minimum absolute atomic E-state index is 0.339. The number of piperidine rings is 2. The molecular formula is C22H35N. The topological polar surface area (TPSA) is 3.24 Å². The Balaban J connectivity index is 2.15. The lowest BCUT2D eigenvalue weighted by Gasteiger charge is -2.62. The van der Waals surface area contributed by atoms with Crippen LogP contribution in [0.15, 0.2) is 18.2 Å². The highest BCUT2D eigenvalue weighted by Crippen LogP contribution is 2.56. The molecule has 23 heavy (non-hydrogen) atoms. The van der Waals surface area contributed by atoms with Gasteiger partial charge in [-0.1, -0.05) is 59.7 Å². The lowest BCUT2D eigenvalue weighted by atomic mass is 9.57. The van der Waals surface area contributed by atoms with Crippen LogP contribution in [-0.2, 0) is 0 Å². The Morgan fingerprint density at radius 2 is 1.57 bits per heavy atom. The summed E-state index contributed by atoms with van der Waals surface area (Å²) in [4.78, 5) is 2.82. The second-order valence-corrected chi connectivity index (χ2v) is 9.44. The van der Waals surface area contributed by atoms with Gasteiger partial charge in [0.05, 0.1) is 0 Å². The largest absolute Gasteiger partial charge is 0.365 e. The summed E-state index contributed by atoms with van der Waals surface area (Å²) in [6.07, 6.45) is 4.08. The number of fused-ring (bicyclic) bond motifs is 3. The van der Waals surface area contributed by atoms with Crippen LogP contribution in [0.5, 0.6) is 0 Å². The zero-order chi connectivity index (χ0) is 17.0. The molecule has 3 atom stereocenters. The van der Waals surface area contributed by atoms with Crippen molar-refractivity contribution in [2.75, 3.05) is 11.4 Å². The van der Waals surface area contributed by atoms with Gasteiger partial charge < -0.3 is 4.90 Å². The van der Waals surface area contributed by atoms with Crippen LogP contribution in [0, 0.1) is 11.3 Å². The van der Waals surface area contributed by atoms with E-state index in [0.717, 1.165) is 5.92 Å². The molecule has 128 valence electrons. The lowest BCUT2D eigenvalue weighted by Crippen LogP contribution is -2.64. The molecular weight excluding hydrogens is 278 g/mol. The van der Waals surface area contributed by atoms with Gasteiger partial charge in [-0.2, -0.15) is 0 Å². The van der Waals surface area contributed by atoms with Crippen LogP contribution in [0.3, 0.4) is 0 Å². The molecule has 0 amide bonds. The van der Waals surface area contributed by atoms with Gasteiger partial charge in [0.15, 0.2) is 0 Å². The van der Waals surface area contributed by atoms with E-state index in [9.17, 15) is 0 Å². The molecule has 2 aliphatic heterocycles. The summed E-state index contributed by atoms with van der Waals surface area (Å²) in [5.41, 5.74) is 5.47. The van der Waals surface area contributed by atoms with Gasteiger partial charge in [0.1, 0.15) is 0 Å². The van der Waals surface area contributed by atoms with Crippen molar-refractivity contribution in [3.63, 3.8) is 0 Å². The van der Waals surface area contributed by atoms with E-state index in [1.54, 1.807) is 16.8 Å². The maximum absolute atomic E-state index is 2.82. The van der Waals surface area contributed by atoms with E-state index in [2.05, 4.69) is 71.6 Å². The lowest BCUT2D eigenvalue weighted by molar-refractivity contribution is 0.0311. The quantitative estimate of drug-likeness (QED) is 0.629. The minimum atomic E-state index is 0.339. The van der Waals surface area contributed by atoms with Crippen LogP contribution in [0.2, 0.25) is 0 Å². The van der Waals surface area contributed by atoms with Crippen molar-refractivity contribution in [3.05, 3.63) is 29.3 Å². The van der Waals surface area contributed by atoms with Crippen molar-refractivity contribution in [2.45, 2.75) is 85.1 Å². The molecule has 3 fully saturated rings. The maximum atomic E-state index is 2.82. The number of anilines is 1. The molecule has 1 saturated carbocycles. The highest BCUT2D eigenvalue weighted by molar-refractivity contribution is 5.64. The first-order valence-electron chi connectivity index (χ1n) is 9.58. The number of para-hydroxylation sites is 1. The molecule has 3 aliphatic rings. The molecule has 2 heterocycles. The van der Waals surface area contributed by atoms with Crippen LogP contribution >= 0.6 is 0 Å². The van der Waals surface area contributed by atoms with Gasteiger partial charge in [-0.3, -0.25) is 0 Å². The maximum Gasteiger partial charge on any atom is 0.0441 e. The highest BCUT2D eigenvalue weighted by atomic mass is 15.2. The van der Waals surface area contributed by atoms with Crippen molar-refractivity contribution in [2.24, 2.45) is 11.3 Å². The van der Waals surface area contributed by atoms with Crippen LogP contribution in [-0.4, -0.2) is 12.1 Å². The first kappa shape index (κ1) is 16.9. The van der Waals surface area contributed by atoms with Gasteiger partial charge in [-0.05, 0) is 60.5 Å². The third-order valence-electron chi connectivity index (χ3n) is 6.95. The fourth-order valence-corrected chi connectivity index (χ4v) is 5.01. The second kappa shape index (κ2) is 5.53. The molecule has 1 heteroatoms. The number of hydrogen-bond donors (Lipinski definition) is 0. The van der Waals surface area contributed by atoms with Crippen LogP contribution in [0.25, 0.3) is 0 Å². The van der Waals surface area contributed by atoms with E-state index in [1.807, 2.05) is 0 Å². The van der Waals surface area contributed by atoms with Crippen molar-refractivity contribution in [1.82, 2.24) is 0 Å². The SMILES string of the molecule is CC(C)c1cccc(C(C)C)c1N1C[C@]2(C)CC[C@@]1(C)C[C@@H]2C. The highest BCUT2D eigenvalue weighted by Gasteiger charge is 2.53. The second-order valence-electron chi connectivity index (χ2n) is 9.44. The van der Waals surface area contributed by atoms with E-state index in [1.165, 1.54) is 25.8 Å². The molecule has 0 spiro atoms. The molecule has 1 nitrogen and oxygen atoms in total. The zero-order valence-corrected chi connectivity index (χ0v) is 16.2. The van der Waals surface area contributed by atoms with Crippen LogP contribution in [0.4, 0.5) is 5.69 Å². The molecule has 2 saturated heterocycles. The van der Waals surface area contributed by atoms with Gasteiger partial charge in [-0.15, -0.1) is 0 Å². The predicted octanol–water partition coefficient (Wildman–Crippen LogP) is 6.34. The normalized spacial score (nSPS) is 33.8. The molecule has 0 radical (unpaired) electrons. The third kappa shape index (κ3) is 2.61. The Hall–Kier alpha value is -0.980. The fraction of sp³-hybridized carbons (Fsp3) is 0.727. The first-order chi connectivity index (χ1) is 10.7. The standard InChI is InChI=1S/C22H35N/c1-15(2)18-9-8-10-19(16(3)4)20(18)23-14-21(6)11-12-22(23,7)13-17(21)5/h8-10,15-17H,11-14H2,1-7H3/t17-,21-,22-/m0/s1. The molecule has 1 aromatic rings. The van der Waals surface area contributed by atoms with Gasteiger partial charge in [0, 0.05) is 17.8 Å². The molecule has 0 aromatic heterocycles. The molecule has 1 aromatic carbocycles. The summed E-state index contributed by atoms with van der Waals surface area (Å²) in [6, 6.07) is 7.00. The molecule has 0 unspecified atom stereocenters. The first-order valence-corrected chi connectivity index (χ1v) is 9.58. The monoisotopic (exact) mass is 313 g/mol. The minimum Gasteiger partial charge on any atom is -0.365 e. The van der Waals surface area contributed by atoms with Crippen molar-refractivity contribution in [1.29, 1.82) is 0 Å². The van der Waals surface area contributed by atoms with E-state index in [-0.39, 0.29) is 0 Å². The molecule has 0 N–H and O–H groups in total. The molecule has 4 rings (SSSR count). The van der Waals surface area contributed by atoms with Crippen LogP contribution < -0.4 is 4.90 Å². The Labute approximate surface area is 143 Å². The predicted molar refractivity (Wildman–Crippen MR) is 101 cm³/mol. The summed E-state index contributed by atoms with van der Waals surface area (Å²) in [5.74, 6) is 2.00. The third-order valence-corrected chi connectivity index (χ3v) is 6.95. The Bertz CT molecular complexity index is 561. The van der Waals surface area contributed by atoms with E-state index >= 15 is 0 Å². The van der Waals surface area contributed by atoms with E-state index < -0.39 is 0 Å². The Morgan fingerprint density at radius 1 is 1.00 bits per heavy atom. The van der Waals surface area contributed by atoms with Crippen molar-refractivity contribution < 1.29 is 0 Å². The fourth-order valence-electron chi connectivity index (χ4n) is 5.01. The van der Waals surface area contributed by atoms with Gasteiger partial charge >= 0.3 is 0 Å². The number of hydrogen-bond acceptors (Lipinski definition) is 1. The molecule has 1 aliphatic carbocycles. The average molecular weight is 314 g/mol. The summed E-state index contributed by atoms with van der Waals surface area (Å²) < 4.78 is 0.